The van der Waals surface area contributed by atoms with Gasteiger partial charge < -0.3 is 10.4 Å². The number of amides is 1. The third kappa shape index (κ3) is 5.82. The van der Waals surface area contributed by atoms with Crippen molar-refractivity contribution in [2.75, 3.05) is 0 Å². The lowest BCUT2D eigenvalue weighted by Gasteiger charge is -2.26. The molecule has 1 aliphatic rings. The molecule has 8 heteroatoms. The van der Waals surface area contributed by atoms with Crippen LogP contribution in [0.3, 0.4) is 0 Å². The molecule has 0 radical (unpaired) electrons. The molecule has 2 aromatic rings. The van der Waals surface area contributed by atoms with Gasteiger partial charge in [0.05, 0.1) is 6.20 Å². The number of hydrogen-bond acceptors (Lipinski definition) is 6. The Hall–Kier alpha value is -2.35. The zero-order chi connectivity index (χ0) is 19.1. The molecule has 2 heterocycles. The molecular formula is C19H24N4O3S. The molecule has 2 aromatic heterocycles. The SMILES string of the molecule is O=C(O)CCC(CC1CCCCC1)NC(=O)c1csc(-c2cnccn2)n1. The molecule has 3 rings (SSSR count). The molecule has 7 nitrogen and oxygen atoms in total. The Kier molecular flexibility index (Phi) is 6.86. The summed E-state index contributed by atoms with van der Waals surface area (Å²) < 4.78 is 0. The van der Waals surface area contributed by atoms with Crippen LogP contribution in [0.1, 0.15) is 61.9 Å². The van der Waals surface area contributed by atoms with Gasteiger partial charge >= 0.3 is 5.97 Å². The van der Waals surface area contributed by atoms with Gasteiger partial charge in [-0.2, -0.15) is 0 Å². The summed E-state index contributed by atoms with van der Waals surface area (Å²) in [5, 5.41) is 14.4. The second kappa shape index (κ2) is 9.55. The van der Waals surface area contributed by atoms with Crippen molar-refractivity contribution >= 4 is 23.2 Å². The smallest absolute Gasteiger partial charge is 0.303 e. The van der Waals surface area contributed by atoms with Crippen molar-refractivity contribution in [2.45, 2.75) is 57.4 Å². The zero-order valence-electron chi connectivity index (χ0n) is 15.1. The summed E-state index contributed by atoms with van der Waals surface area (Å²) >= 11 is 1.34. The minimum absolute atomic E-state index is 0.0551. The summed E-state index contributed by atoms with van der Waals surface area (Å²) in [6, 6.07) is -0.140. The first kappa shape index (κ1) is 19.4. The number of nitrogens with one attached hydrogen (secondary N) is 1. The van der Waals surface area contributed by atoms with Gasteiger partial charge in [0.2, 0.25) is 0 Å². The van der Waals surface area contributed by atoms with Gasteiger partial charge in [0, 0.05) is 30.2 Å². The van der Waals surface area contributed by atoms with Crippen molar-refractivity contribution in [1.82, 2.24) is 20.3 Å². The van der Waals surface area contributed by atoms with Crippen LogP contribution in [0.15, 0.2) is 24.0 Å². The van der Waals surface area contributed by atoms with Crippen LogP contribution >= 0.6 is 11.3 Å². The Balaban J connectivity index is 1.64. The second-order valence-corrected chi connectivity index (χ2v) is 7.83. The fourth-order valence-electron chi connectivity index (χ4n) is 3.54. The fourth-order valence-corrected chi connectivity index (χ4v) is 4.30. The molecule has 144 valence electrons. The number of carbonyl (C=O) groups is 2. The van der Waals surface area contributed by atoms with Crippen molar-refractivity contribution in [3.05, 3.63) is 29.7 Å². The average molecular weight is 388 g/mol. The van der Waals surface area contributed by atoms with Crippen molar-refractivity contribution in [2.24, 2.45) is 5.92 Å². The van der Waals surface area contributed by atoms with Crippen LogP contribution in [0.25, 0.3) is 10.7 Å². The van der Waals surface area contributed by atoms with Crippen LogP contribution in [-0.2, 0) is 4.79 Å². The van der Waals surface area contributed by atoms with E-state index < -0.39 is 5.97 Å². The Bertz CT molecular complexity index is 759. The molecule has 1 aliphatic carbocycles. The van der Waals surface area contributed by atoms with Gasteiger partial charge in [0.1, 0.15) is 16.4 Å². The van der Waals surface area contributed by atoms with E-state index in [-0.39, 0.29) is 18.4 Å². The topological polar surface area (TPSA) is 105 Å². The molecule has 0 saturated heterocycles. The van der Waals surface area contributed by atoms with E-state index >= 15 is 0 Å². The summed E-state index contributed by atoms with van der Waals surface area (Å²) in [6.45, 7) is 0. The fraction of sp³-hybridized carbons (Fsp3) is 0.526. The minimum Gasteiger partial charge on any atom is -0.481 e. The van der Waals surface area contributed by atoms with Gasteiger partial charge in [-0.25, -0.2) is 4.98 Å². The number of carboxylic acids is 1. The number of carboxylic acid groups (broad SMARTS) is 1. The molecule has 0 aromatic carbocycles. The van der Waals surface area contributed by atoms with Gasteiger partial charge in [0.25, 0.3) is 5.91 Å². The number of hydrogen-bond donors (Lipinski definition) is 2. The summed E-state index contributed by atoms with van der Waals surface area (Å²) in [5.74, 6) is -0.535. The molecule has 2 N–H and O–H groups in total. The van der Waals surface area contributed by atoms with Crippen LogP contribution in [-0.4, -0.2) is 38.0 Å². The lowest BCUT2D eigenvalue weighted by atomic mass is 9.84. The van der Waals surface area contributed by atoms with E-state index in [4.69, 9.17) is 5.11 Å². The van der Waals surface area contributed by atoms with E-state index in [1.54, 1.807) is 24.0 Å². The van der Waals surface area contributed by atoms with Crippen molar-refractivity contribution in [1.29, 1.82) is 0 Å². The highest BCUT2D eigenvalue weighted by Crippen LogP contribution is 2.28. The van der Waals surface area contributed by atoms with Crippen LogP contribution in [0.5, 0.6) is 0 Å². The number of aliphatic carboxylic acids is 1. The van der Waals surface area contributed by atoms with Gasteiger partial charge in [-0.1, -0.05) is 32.1 Å². The molecule has 0 spiro atoms. The average Bonchev–Trinajstić information content (AvgIpc) is 3.18. The predicted molar refractivity (Wildman–Crippen MR) is 102 cm³/mol. The van der Waals surface area contributed by atoms with Crippen molar-refractivity contribution < 1.29 is 14.7 Å². The number of nitrogens with zero attached hydrogens (tertiary/aromatic N) is 3. The molecule has 0 bridgehead atoms. The quantitative estimate of drug-likeness (QED) is 0.717. The zero-order valence-corrected chi connectivity index (χ0v) is 16.0. The highest BCUT2D eigenvalue weighted by molar-refractivity contribution is 7.13. The predicted octanol–water partition coefficient (Wildman–Crippen LogP) is 3.53. The largest absolute Gasteiger partial charge is 0.481 e. The molecule has 1 atom stereocenters. The third-order valence-corrected chi connectivity index (χ3v) is 5.77. The molecule has 27 heavy (non-hydrogen) atoms. The van der Waals surface area contributed by atoms with Crippen LogP contribution in [0, 0.1) is 5.92 Å². The van der Waals surface area contributed by atoms with Crippen molar-refractivity contribution in [3.63, 3.8) is 0 Å². The summed E-state index contributed by atoms with van der Waals surface area (Å²) in [4.78, 5) is 36.2. The first-order valence-corrected chi connectivity index (χ1v) is 10.2. The van der Waals surface area contributed by atoms with Crippen LogP contribution in [0.2, 0.25) is 0 Å². The second-order valence-electron chi connectivity index (χ2n) is 6.97. The van der Waals surface area contributed by atoms with Crippen molar-refractivity contribution in [3.8, 4) is 10.7 Å². The highest BCUT2D eigenvalue weighted by atomic mass is 32.1. The Morgan fingerprint density at radius 1 is 1.26 bits per heavy atom. The van der Waals surface area contributed by atoms with E-state index in [1.165, 1.54) is 30.6 Å². The van der Waals surface area contributed by atoms with Gasteiger partial charge in [-0.3, -0.25) is 19.6 Å². The Morgan fingerprint density at radius 2 is 2.07 bits per heavy atom. The normalized spacial score (nSPS) is 16.0. The van der Waals surface area contributed by atoms with Gasteiger partial charge in [-0.05, 0) is 18.8 Å². The highest BCUT2D eigenvalue weighted by Gasteiger charge is 2.22. The first-order valence-electron chi connectivity index (χ1n) is 9.36. The van der Waals surface area contributed by atoms with E-state index in [0.717, 1.165) is 19.3 Å². The first-order chi connectivity index (χ1) is 13.1. The Morgan fingerprint density at radius 3 is 2.78 bits per heavy atom. The van der Waals surface area contributed by atoms with Crippen LogP contribution < -0.4 is 5.32 Å². The lowest BCUT2D eigenvalue weighted by molar-refractivity contribution is -0.137. The standard InChI is InChI=1S/C19H24N4O3S/c24-17(25)7-6-14(10-13-4-2-1-3-5-13)22-18(26)16-12-27-19(23-16)15-11-20-8-9-21-15/h8-9,11-14H,1-7,10H2,(H,22,26)(H,24,25). The summed E-state index contributed by atoms with van der Waals surface area (Å²) in [7, 11) is 0. The van der Waals surface area contributed by atoms with E-state index in [9.17, 15) is 9.59 Å². The van der Waals surface area contributed by atoms with Crippen LogP contribution in [0.4, 0.5) is 0 Å². The van der Waals surface area contributed by atoms with Gasteiger partial charge in [-0.15, -0.1) is 11.3 Å². The number of rotatable bonds is 8. The monoisotopic (exact) mass is 388 g/mol. The molecular weight excluding hydrogens is 364 g/mol. The maximum atomic E-state index is 12.6. The Labute approximate surface area is 162 Å². The summed E-state index contributed by atoms with van der Waals surface area (Å²) in [6.07, 6.45) is 12.1. The van der Waals surface area contributed by atoms with E-state index in [2.05, 4.69) is 20.3 Å². The maximum absolute atomic E-state index is 12.6. The third-order valence-electron chi connectivity index (χ3n) is 4.90. The van der Waals surface area contributed by atoms with Gasteiger partial charge in [0.15, 0.2) is 0 Å². The molecule has 1 amide bonds. The van der Waals surface area contributed by atoms with E-state index in [1.807, 2.05) is 0 Å². The minimum atomic E-state index is -0.837. The number of thiazole rings is 1. The molecule has 1 saturated carbocycles. The number of aromatic nitrogens is 3. The molecule has 0 aliphatic heterocycles. The summed E-state index contributed by atoms with van der Waals surface area (Å²) in [5.41, 5.74) is 0.968. The molecule has 1 fully saturated rings. The lowest BCUT2D eigenvalue weighted by Crippen LogP contribution is -2.37. The van der Waals surface area contributed by atoms with E-state index in [0.29, 0.717) is 28.7 Å². The molecule has 1 unspecified atom stereocenters. The maximum Gasteiger partial charge on any atom is 0.303 e. The number of carbonyl (C=O) groups excluding carboxylic acids is 1.